The summed E-state index contributed by atoms with van der Waals surface area (Å²) >= 11 is 7.90. The van der Waals surface area contributed by atoms with Gasteiger partial charge in [0, 0.05) is 42.8 Å². The van der Waals surface area contributed by atoms with E-state index in [1.165, 1.54) is 17.0 Å². The molecule has 29 heavy (non-hydrogen) atoms. The van der Waals surface area contributed by atoms with Gasteiger partial charge >= 0.3 is 0 Å². The van der Waals surface area contributed by atoms with Crippen LogP contribution in [0.2, 0.25) is 5.02 Å². The molecular formula is C22H25ClN2O3S. The van der Waals surface area contributed by atoms with Crippen molar-refractivity contribution in [2.75, 3.05) is 39.5 Å². The molecule has 5 nitrogen and oxygen atoms in total. The van der Waals surface area contributed by atoms with Gasteiger partial charge in [0.2, 0.25) is 5.78 Å². The van der Waals surface area contributed by atoms with Gasteiger partial charge in [0.1, 0.15) is 10.6 Å². The van der Waals surface area contributed by atoms with Crippen molar-refractivity contribution >= 4 is 38.9 Å². The fourth-order valence-corrected chi connectivity index (χ4v) is 5.13. The number of rotatable bonds is 7. The molecule has 0 saturated carbocycles. The fourth-order valence-electron chi connectivity index (χ4n) is 3.70. The number of thiophene rings is 1. The molecule has 2 aromatic heterocycles. The SMILES string of the molecule is CCOc1ccc(C(=O)c2cc3cc(C)n(CCN4CCOCC4)c3s2)c(Cl)c1. The highest BCUT2D eigenvalue weighted by molar-refractivity contribution is 7.20. The number of fused-ring (bicyclic) bond motifs is 1. The molecule has 1 aliphatic rings. The number of hydrogen-bond donors (Lipinski definition) is 0. The average Bonchev–Trinajstić information content (AvgIpc) is 3.24. The van der Waals surface area contributed by atoms with Crippen LogP contribution in [0.5, 0.6) is 5.75 Å². The molecule has 1 aromatic carbocycles. The number of halogens is 1. The molecule has 7 heteroatoms. The van der Waals surface area contributed by atoms with E-state index in [0.29, 0.717) is 27.8 Å². The van der Waals surface area contributed by atoms with Crippen molar-refractivity contribution in [1.82, 2.24) is 9.47 Å². The van der Waals surface area contributed by atoms with Crippen molar-refractivity contribution < 1.29 is 14.3 Å². The summed E-state index contributed by atoms with van der Waals surface area (Å²) in [5, 5.41) is 1.53. The van der Waals surface area contributed by atoms with Gasteiger partial charge in [-0.3, -0.25) is 9.69 Å². The highest BCUT2D eigenvalue weighted by Gasteiger charge is 2.19. The van der Waals surface area contributed by atoms with E-state index in [1.807, 2.05) is 13.0 Å². The number of aryl methyl sites for hydroxylation is 1. The van der Waals surface area contributed by atoms with Crippen LogP contribution in [0.4, 0.5) is 0 Å². The maximum atomic E-state index is 13.1. The quantitative estimate of drug-likeness (QED) is 0.511. The second-order valence-electron chi connectivity index (χ2n) is 7.17. The largest absolute Gasteiger partial charge is 0.494 e. The van der Waals surface area contributed by atoms with Crippen LogP contribution < -0.4 is 4.74 Å². The maximum Gasteiger partial charge on any atom is 0.204 e. The van der Waals surface area contributed by atoms with Crippen LogP contribution in [-0.4, -0.2) is 54.7 Å². The zero-order valence-electron chi connectivity index (χ0n) is 16.7. The van der Waals surface area contributed by atoms with Gasteiger partial charge < -0.3 is 14.0 Å². The van der Waals surface area contributed by atoms with Crippen LogP contribution in [0.15, 0.2) is 30.3 Å². The Hall–Kier alpha value is -1.86. The molecule has 0 spiro atoms. The van der Waals surface area contributed by atoms with Gasteiger partial charge in [0.05, 0.1) is 29.7 Å². The van der Waals surface area contributed by atoms with E-state index in [0.717, 1.165) is 49.6 Å². The number of ketones is 1. The lowest BCUT2D eigenvalue weighted by atomic mass is 10.1. The Bertz CT molecular complexity index is 1020. The van der Waals surface area contributed by atoms with Gasteiger partial charge in [-0.05, 0) is 44.2 Å². The molecule has 154 valence electrons. The molecule has 0 unspecified atom stereocenters. The molecular weight excluding hydrogens is 408 g/mol. The van der Waals surface area contributed by atoms with E-state index in [1.54, 1.807) is 18.2 Å². The molecule has 0 bridgehead atoms. The number of carbonyl (C=O) groups is 1. The molecule has 0 aliphatic carbocycles. The Morgan fingerprint density at radius 3 is 2.72 bits per heavy atom. The molecule has 0 atom stereocenters. The summed E-state index contributed by atoms with van der Waals surface area (Å²) in [6.07, 6.45) is 0. The second kappa shape index (κ2) is 8.88. The molecule has 3 heterocycles. The Balaban J connectivity index is 1.55. The zero-order valence-corrected chi connectivity index (χ0v) is 18.3. The summed E-state index contributed by atoms with van der Waals surface area (Å²) in [4.78, 5) is 17.3. The van der Waals surface area contributed by atoms with E-state index in [9.17, 15) is 4.79 Å². The standard InChI is InChI=1S/C22H25ClN2O3S/c1-3-28-17-4-5-18(19(23)14-17)21(26)20-13-16-12-15(2)25(22(16)29-20)7-6-24-8-10-27-11-9-24/h4-5,12-14H,3,6-11H2,1-2H3. The Morgan fingerprint density at radius 1 is 1.21 bits per heavy atom. The molecule has 0 N–H and O–H groups in total. The summed E-state index contributed by atoms with van der Waals surface area (Å²) in [6.45, 7) is 10.1. The number of nitrogens with zero attached hydrogens (tertiary/aromatic N) is 2. The second-order valence-corrected chi connectivity index (χ2v) is 8.60. The molecule has 1 fully saturated rings. The Labute approximate surface area is 179 Å². The van der Waals surface area contributed by atoms with Gasteiger partial charge in [-0.25, -0.2) is 0 Å². The Kier molecular flexibility index (Phi) is 6.25. The molecule has 4 rings (SSSR count). The summed E-state index contributed by atoms with van der Waals surface area (Å²) in [6, 6.07) is 9.38. The van der Waals surface area contributed by atoms with Gasteiger partial charge in [0.15, 0.2) is 0 Å². The number of hydrogen-bond acceptors (Lipinski definition) is 5. The first kappa shape index (κ1) is 20.4. The molecule has 1 aliphatic heterocycles. The van der Waals surface area contributed by atoms with Crippen LogP contribution in [0, 0.1) is 6.92 Å². The van der Waals surface area contributed by atoms with Gasteiger partial charge in [-0.15, -0.1) is 11.3 Å². The highest BCUT2D eigenvalue weighted by atomic mass is 35.5. The summed E-state index contributed by atoms with van der Waals surface area (Å²) in [5.41, 5.74) is 1.73. The minimum absolute atomic E-state index is 0.0448. The van der Waals surface area contributed by atoms with E-state index >= 15 is 0 Å². The average molecular weight is 433 g/mol. The minimum atomic E-state index is -0.0448. The predicted octanol–water partition coefficient (Wildman–Crippen LogP) is 4.63. The fraction of sp³-hybridized carbons (Fsp3) is 0.409. The summed E-state index contributed by atoms with van der Waals surface area (Å²) in [7, 11) is 0. The smallest absolute Gasteiger partial charge is 0.204 e. The maximum absolute atomic E-state index is 13.1. The first-order valence-electron chi connectivity index (χ1n) is 9.93. The van der Waals surface area contributed by atoms with Crippen LogP contribution >= 0.6 is 22.9 Å². The monoisotopic (exact) mass is 432 g/mol. The third kappa shape index (κ3) is 4.36. The Morgan fingerprint density at radius 2 is 2.00 bits per heavy atom. The lowest BCUT2D eigenvalue weighted by molar-refractivity contribution is 0.0365. The van der Waals surface area contributed by atoms with Crippen LogP contribution in [0.1, 0.15) is 27.9 Å². The van der Waals surface area contributed by atoms with Crippen molar-refractivity contribution in [3.05, 3.63) is 51.5 Å². The van der Waals surface area contributed by atoms with Crippen molar-refractivity contribution in [3.8, 4) is 5.75 Å². The van der Waals surface area contributed by atoms with Crippen molar-refractivity contribution in [2.24, 2.45) is 0 Å². The van der Waals surface area contributed by atoms with Crippen LogP contribution in [0.3, 0.4) is 0 Å². The lowest BCUT2D eigenvalue weighted by Crippen LogP contribution is -2.38. The number of ether oxygens (including phenoxy) is 2. The van der Waals surface area contributed by atoms with Gasteiger partial charge in [-0.1, -0.05) is 11.6 Å². The van der Waals surface area contributed by atoms with Gasteiger partial charge in [0.25, 0.3) is 0 Å². The van der Waals surface area contributed by atoms with Crippen LogP contribution in [-0.2, 0) is 11.3 Å². The van der Waals surface area contributed by atoms with E-state index in [-0.39, 0.29) is 5.78 Å². The number of benzene rings is 1. The summed E-state index contributed by atoms with van der Waals surface area (Å²) < 4.78 is 13.2. The highest BCUT2D eigenvalue weighted by Crippen LogP contribution is 2.32. The van der Waals surface area contributed by atoms with E-state index in [4.69, 9.17) is 21.1 Å². The number of carbonyl (C=O) groups excluding carboxylic acids is 1. The predicted molar refractivity (Wildman–Crippen MR) is 118 cm³/mol. The molecule has 0 amide bonds. The van der Waals surface area contributed by atoms with Crippen LogP contribution in [0.25, 0.3) is 10.2 Å². The number of aromatic nitrogens is 1. The summed E-state index contributed by atoms with van der Waals surface area (Å²) in [5.74, 6) is 0.632. The van der Waals surface area contributed by atoms with Crippen molar-refractivity contribution in [1.29, 1.82) is 0 Å². The lowest BCUT2D eigenvalue weighted by Gasteiger charge is -2.26. The normalized spacial score (nSPS) is 15.1. The number of morpholine rings is 1. The topological polar surface area (TPSA) is 43.7 Å². The third-order valence-corrected chi connectivity index (χ3v) is 6.72. The molecule has 3 aromatic rings. The first-order valence-corrected chi connectivity index (χ1v) is 11.1. The zero-order chi connectivity index (χ0) is 20.4. The van der Waals surface area contributed by atoms with Gasteiger partial charge in [-0.2, -0.15) is 0 Å². The van der Waals surface area contributed by atoms with E-state index < -0.39 is 0 Å². The molecule has 0 radical (unpaired) electrons. The molecule has 1 saturated heterocycles. The third-order valence-electron chi connectivity index (χ3n) is 5.24. The van der Waals surface area contributed by atoms with Crippen molar-refractivity contribution in [2.45, 2.75) is 20.4 Å². The minimum Gasteiger partial charge on any atom is -0.494 e. The van der Waals surface area contributed by atoms with Crippen molar-refractivity contribution in [3.63, 3.8) is 0 Å². The van der Waals surface area contributed by atoms with E-state index in [2.05, 4.69) is 22.5 Å². The first-order chi connectivity index (χ1) is 14.1.